The third-order valence-corrected chi connectivity index (χ3v) is 5.25. The highest BCUT2D eigenvalue weighted by molar-refractivity contribution is 6.01. The SMILES string of the molecule is CC(NC(=O)/C=C/c1ccccc1)C(=O)N(C)C1CCCN(c2ccccc2)C1=O. The van der Waals surface area contributed by atoms with E-state index in [1.165, 1.54) is 11.0 Å². The molecular formula is C24H27N3O3. The second-order valence-electron chi connectivity index (χ2n) is 7.41. The van der Waals surface area contributed by atoms with Crippen LogP contribution < -0.4 is 10.2 Å². The Balaban J connectivity index is 1.60. The summed E-state index contributed by atoms with van der Waals surface area (Å²) in [5, 5.41) is 2.69. The molecule has 1 fully saturated rings. The maximum Gasteiger partial charge on any atom is 0.249 e. The van der Waals surface area contributed by atoms with Gasteiger partial charge in [0.05, 0.1) is 0 Å². The Kier molecular flexibility index (Phi) is 7.01. The van der Waals surface area contributed by atoms with Gasteiger partial charge in [-0.2, -0.15) is 0 Å². The van der Waals surface area contributed by atoms with Crippen molar-refractivity contribution in [1.82, 2.24) is 10.2 Å². The van der Waals surface area contributed by atoms with E-state index >= 15 is 0 Å². The highest BCUT2D eigenvalue weighted by Gasteiger charge is 2.35. The lowest BCUT2D eigenvalue weighted by Crippen LogP contribution is -2.56. The Morgan fingerprint density at radius 3 is 2.40 bits per heavy atom. The molecule has 3 rings (SSSR count). The van der Waals surface area contributed by atoms with Gasteiger partial charge in [0.15, 0.2) is 0 Å². The zero-order valence-electron chi connectivity index (χ0n) is 17.3. The standard InChI is InChI=1S/C24H27N3O3/c1-18(25-22(28)16-15-19-10-5-3-6-11-19)23(29)26(2)21-14-9-17-27(24(21)30)20-12-7-4-8-13-20/h3-8,10-13,15-16,18,21H,9,14,17H2,1-2H3,(H,25,28)/b16-15+. The van der Waals surface area contributed by atoms with Gasteiger partial charge in [-0.15, -0.1) is 0 Å². The van der Waals surface area contributed by atoms with E-state index in [9.17, 15) is 14.4 Å². The Morgan fingerprint density at radius 2 is 1.73 bits per heavy atom. The van der Waals surface area contributed by atoms with Gasteiger partial charge in [-0.3, -0.25) is 14.4 Å². The molecule has 156 valence electrons. The number of nitrogens with one attached hydrogen (secondary N) is 1. The predicted octanol–water partition coefficient (Wildman–Crippen LogP) is 2.86. The van der Waals surface area contributed by atoms with Crippen molar-refractivity contribution in [3.8, 4) is 0 Å². The van der Waals surface area contributed by atoms with Gasteiger partial charge in [0.25, 0.3) is 0 Å². The van der Waals surface area contributed by atoms with E-state index in [0.29, 0.717) is 13.0 Å². The van der Waals surface area contributed by atoms with Crippen LogP contribution >= 0.6 is 0 Å². The molecule has 2 aromatic carbocycles. The number of carbonyl (C=O) groups is 3. The van der Waals surface area contributed by atoms with E-state index < -0.39 is 12.1 Å². The molecule has 0 bridgehead atoms. The Labute approximate surface area is 177 Å². The number of hydrogen-bond donors (Lipinski definition) is 1. The molecule has 2 atom stereocenters. The van der Waals surface area contributed by atoms with Crippen LogP contribution in [0.15, 0.2) is 66.7 Å². The summed E-state index contributed by atoms with van der Waals surface area (Å²) in [6.07, 6.45) is 4.52. The monoisotopic (exact) mass is 405 g/mol. The summed E-state index contributed by atoms with van der Waals surface area (Å²) in [5.74, 6) is -0.732. The van der Waals surface area contributed by atoms with E-state index in [1.807, 2.05) is 60.7 Å². The average molecular weight is 405 g/mol. The Morgan fingerprint density at radius 1 is 1.10 bits per heavy atom. The topological polar surface area (TPSA) is 69.7 Å². The van der Waals surface area contributed by atoms with Gasteiger partial charge in [0.1, 0.15) is 12.1 Å². The second-order valence-corrected chi connectivity index (χ2v) is 7.41. The summed E-state index contributed by atoms with van der Waals surface area (Å²) in [7, 11) is 1.63. The van der Waals surface area contributed by atoms with E-state index in [1.54, 1.807) is 24.9 Å². The first-order valence-electron chi connectivity index (χ1n) is 10.1. The molecule has 6 heteroatoms. The molecule has 0 saturated carbocycles. The fourth-order valence-electron chi connectivity index (χ4n) is 3.60. The molecule has 6 nitrogen and oxygen atoms in total. The number of carbonyl (C=O) groups excluding carboxylic acids is 3. The fourth-order valence-corrected chi connectivity index (χ4v) is 3.60. The average Bonchev–Trinajstić information content (AvgIpc) is 2.78. The quantitative estimate of drug-likeness (QED) is 0.752. The van der Waals surface area contributed by atoms with Crippen molar-refractivity contribution < 1.29 is 14.4 Å². The molecule has 2 aromatic rings. The lowest BCUT2D eigenvalue weighted by atomic mass is 10.0. The summed E-state index contributed by atoms with van der Waals surface area (Å²) < 4.78 is 0. The molecular weight excluding hydrogens is 378 g/mol. The van der Waals surface area contributed by atoms with E-state index in [4.69, 9.17) is 0 Å². The van der Waals surface area contributed by atoms with Crippen LogP contribution in [0.3, 0.4) is 0 Å². The summed E-state index contributed by atoms with van der Waals surface area (Å²) in [6, 6.07) is 17.7. The molecule has 0 aromatic heterocycles. The van der Waals surface area contributed by atoms with Crippen LogP contribution in [0.5, 0.6) is 0 Å². The zero-order chi connectivity index (χ0) is 21.5. The third-order valence-electron chi connectivity index (χ3n) is 5.25. The Bertz CT molecular complexity index is 912. The maximum atomic E-state index is 13.0. The minimum absolute atomic E-state index is 0.0919. The molecule has 1 aliphatic rings. The summed E-state index contributed by atoms with van der Waals surface area (Å²) in [5.41, 5.74) is 1.73. The molecule has 0 spiro atoms. The van der Waals surface area contributed by atoms with Gasteiger partial charge in [-0.05, 0) is 43.5 Å². The molecule has 0 radical (unpaired) electrons. The second kappa shape index (κ2) is 9.87. The molecule has 1 heterocycles. The van der Waals surface area contributed by atoms with Crippen molar-refractivity contribution in [3.63, 3.8) is 0 Å². The number of piperidine rings is 1. The first-order chi connectivity index (χ1) is 14.5. The first-order valence-corrected chi connectivity index (χ1v) is 10.1. The van der Waals surface area contributed by atoms with Gasteiger partial charge >= 0.3 is 0 Å². The number of benzene rings is 2. The van der Waals surface area contributed by atoms with Crippen molar-refractivity contribution in [2.75, 3.05) is 18.5 Å². The third kappa shape index (κ3) is 5.14. The van der Waals surface area contributed by atoms with Gasteiger partial charge in [-0.25, -0.2) is 0 Å². The number of anilines is 1. The molecule has 3 amide bonds. The van der Waals surface area contributed by atoms with Gasteiger partial charge in [0.2, 0.25) is 17.7 Å². The Hall–Kier alpha value is -3.41. The van der Waals surface area contributed by atoms with Gasteiger partial charge in [0, 0.05) is 25.4 Å². The molecule has 1 aliphatic heterocycles. The molecule has 1 saturated heterocycles. The number of rotatable bonds is 6. The van der Waals surface area contributed by atoms with Crippen LogP contribution in [-0.2, 0) is 14.4 Å². The number of likely N-dealkylation sites (N-methyl/N-ethyl adjacent to an activating group) is 1. The molecule has 1 N–H and O–H groups in total. The number of nitrogens with zero attached hydrogens (tertiary/aromatic N) is 2. The lowest BCUT2D eigenvalue weighted by Gasteiger charge is -2.37. The van der Waals surface area contributed by atoms with E-state index in [2.05, 4.69) is 5.32 Å². The van der Waals surface area contributed by atoms with E-state index in [0.717, 1.165) is 17.7 Å². The minimum atomic E-state index is -0.733. The highest BCUT2D eigenvalue weighted by Crippen LogP contribution is 2.23. The molecule has 2 unspecified atom stereocenters. The molecule has 0 aliphatic carbocycles. The number of para-hydroxylation sites is 1. The largest absolute Gasteiger partial charge is 0.341 e. The summed E-state index contributed by atoms with van der Waals surface area (Å²) in [6.45, 7) is 2.27. The number of amides is 3. The van der Waals surface area contributed by atoms with Crippen molar-refractivity contribution >= 4 is 29.5 Å². The predicted molar refractivity (Wildman–Crippen MR) is 118 cm³/mol. The maximum absolute atomic E-state index is 13.0. The lowest BCUT2D eigenvalue weighted by molar-refractivity contribution is -0.141. The van der Waals surface area contributed by atoms with Gasteiger partial charge in [-0.1, -0.05) is 48.5 Å². The van der Waals surface area contributed by atoms with Crippen molar-refractivity contribution in [3.05, 3.63) is 72.3 Å². The van der Waals surface area contributed by atoms with E-state index in [-0.39, 0.29) is 17.7 Å². The summed E-state index contributed by atoms with van der Waals surface area (Å²) in [4.78, 5) is 41.2. The van der Waals surface area contributed by atoms with Crippen LogP contribution in [0.4, 0.5) is 5.69 Å². The molecule has 30 heavy (non-hydrogen) atoms. The van der Waals surface area contributed by atoms with Gasteiger partial charge < -0.3 is 15.1 Å². The minimum Gasteiger partial charge on any atom is -0.341 e. The van der Waals surface area contributed by atoms with Crippen LogP contribution in [-0.4, -0.2) is 48.3 Å². The van der Waals surface area contributed by atoms with Crippen LogP contribution in [0.1, 0.15) is 25.3 Å². The van der Waals surface area contributed by atoms with Crippen LogP contribution in [0, 0.1) is 0 Å². The number of hydrogen-bond acceptors (Lipinski definition) is 3. The van der Waals surface area contributed by atoms with Crippen LogP contribution in [0.2, 0.25) is 0 Å². The first kappa shape index (κ1) is 21.3. The normalized spacial score (nSPS) is 17.6. The highest BCUT2D eigenvalue weighted by atomic mass is 16.2. The summed E-state index contributed by atoms with van der Waals surface area (Å²) >= 11 is 0. The van der Waals surface area contributed by atoms with Crippen molar-refractivity contribution in [1.29, 1.82) is 0 Å². The zero-order valence-corrected chi connectivity index (χ0v) is 17.3. The van der Waals surface area contributed by atoms with Crippen molar-refractivity contribution in [2.24, 2.45) is 0 Å². The fraction of sp³-hybridized carbons (Fsp3) is 0.292. The van der Waals surface area contributed by atoms with Crippen molar-refractivity contribution in [2.45, 2.75) is 31.8 Å². The van der Waals surface area contributed by atoms with Crippen LogP contribution in [0.25, 0.3) is 6.08 Å². The smallest absolute Gasteiger partial charge is 0.249 e.